The van der Waals surface area contributed by atoms with Gasteiger partial charge in [0.1, 0.15) is 5.75 Å². The summed E-state index contributed by atoms with van der Waals surface area (Å²) in [7, 11) is 0. The predicted molar refractivity (Wildman–Crippen MR) is 91.3 cm³/mol. The van der Waals surface area contributed by atoms with Gasteiger partial charge in [0.05, 0.1) is 18.6 Å². The van der Waals surface area contributed by atoms with Gasteiger partial charge in [-0.2, -0.15) is 57.1 Å². The van der Waals surface area contributed by atoms with Gasteiger partial charge in [0.25, 0.3) is 0 Å². The summed E-state index contributed by atoms with van der Waals surface area (Å²) in [5, 5.41) is 10.0. The highest BCUT2D eigenvalue weighted by Gasteiger charge is 2.90. The molecular formula is C19H11F13O3. The molecule has 0 fully saturated rings. The minimum absolute atomic E-state index is 0.161. The van der Waals surface area contributed by atoms with Crippen LogP contribution in [0.15, 0.2) is 36.4 Å². The Hall–Kier alpha value is -2.94. The number of alkyl halides is 13. The van der Waals surface area contributed by atoms with E-state index in [0.717, 1.165) is 12.1 Å². The molecule has 2 aromatic rings. The van der Waals surface area contributed by atoms with Crippen LogP contribution in [-0.4, -0.2) is 53.5 Å². The summed E-state index contributed by atoms with van der Waals surface area (Å²) in [6, 6.07) is 7.08. The lowest BCUT2D eigenvalue weighted by molar-refractivity contribution is -0.440. The molecule has 0 saturated carbocycles. The zero-order valence-corrected chi connectivity index (χ0v) is 16.6. The molecule has 196 valence electrons. The van der Waals surface area contributed by atoms with Crippen LogP contribution in [0.1, 0.15) is 16.8 Å². The number of hydrogen-bond donors (Lipinski definition) is 1. The van der Waals surface area contributed by atoms with E-state index < -0.39 is 54.8 Å². The van der Waals surface area contributed by atoms with Crippen molar-refractivity contribution in [1.82, 2.24) is 0 Å². The standard InChI is InChI=1S/C19H11F13O3/c20-14(21,15(22,23)16(24,25)17(26,27)18(28,29)19(30,31)32)5-6-35-13(34)11-2-1-10-8-12(33)4-3-9(10)7-11/h1-4,7-8,33H,5-6H2. The highest BCUT2D eigenvalue weighted by Crippen LogP contribution is 2.60. The minimum atomic E-state index is -7.98. The van der Waals surface area contributed by atoms with Crippen molar-refractivity contribution in [2.24, 2.45) is 0 Å². The van der Waals surface area contributed by atoms with Crippen LogP contribution >= 0.6 is 0 Å². The monoisotopic (exact) mass is 534 g/mol. The molecule has 35 heavy (non-hydrogen) atoms. The summed E-state index contributed by atoms with van der Waals surface area (Å²) in [6.07, 6.45) is -10.1. The van der Waals surface area contributed by atoms with E-state index in [1.54, 1.807) is 0 Å². The molecule has 16 heteroatoms. The largest absolute Gasteiger partial charge is 0.508 e. The molecule has 0 aliphatic carbocycles. The average Bonchev–Trinajstić information content (AvgIpc) is 2.71. The summed E-state index contributed by atoms with van der Waals surface area (Å²) in [5.74, 6) is -39.1. The number of esters is 1. The van der Waals surface area contributed by atoms with E-state index in [4.69, 9.17) is 0 Å². The van der Waals surface area contributed by atoms with Gasteiger partial charge in [-0.3, -0.25) is 0 Å². The van der Waals surface area contributed by atoms with Crippen molar-refractivity contribution in [2.45, 2.75) is 42.2 Å². The van der Waals surface area contributed by atoms with E-state index in [9.17, 15) is 67.0 Å². The van der Waals surface area contributed by atoms with Crippen LogP contribution in [0.5, 0.6) is 5.75 Å². The molecular weight excluding hydrogens is 523 g/mol. The van der Waals surface area contributed by atoms with Crippen LogP contribution < -0.4 is 0 Å². The molecule has 0 radical (unpaired) electrons. The van der Waals surface area contributed by atoms with Crippen molar-refractivity contribution in [2.75, 3.05) is 6.61 Å². The lowest BCUT2D eigenvalue weighted by Crippen LogP contribution is -2.70. The highest BCUT2D eigenvalue weighted by molar-refractivity contribution is 5.95. The Bertz CT molecular complexity index is 1090. The topological polar surface area (TPSA) is 46.5 Å². The molecule has 0 aliphatic rings. The van der Waals surface area contributed by atoms with Crippen LogP contribution in [0.3, 0.4) is 0 Å². The molecule has 0 spiro atoms. The Balaban J connectivity index is 2.19. The third kappa shape index (κ3) is 4.66. The molecule has 0 heterocycles. The molecule has 2 rings (SSSR count). The summed E-state index contributed by atoms with van der Waals surface area (Å²) in [5.41, 5.74) is -0.389. The van der Waals surface area contributed by atoms with Crippen LogP contribution in [0, 0.1) is 0 Å². The fraction of sp³-hybridized carbons (Fsp3) is 0.421. The van der Waals surface area contributed by atoms with Crippen LogP contribution in [0.2, 0.25) is 0 Å². The Morgan fingerprint density at radius 2 is 1.17 bits per heavy atom. The van der Waals surface area contributed by atoms with Gasteiger partial charge >= 0.3 is 41.8 Å². The third-order valence-electron chi connectivity index (χ3n) is 4.71. The van der Waals surface area contributed by atoms with E-state index in [1.807, 2.05) is 0 Å². The molecule has 0 aliphatic heterocycles. The summed E-state index contributed by atoms with van der Waals surface area (Å²) in [6.45, 7) is -1.84. The second-order valence-electron chi connectivity index (χ2n) is 7.13. The number of benzene rings is 2. The molecule has 1 N–H and O–H groups in total. The number of halogens is 13. The van der Waals surface area contributed by atoms with Gasteiger partial charge in [0, 0.05) is 0 Å². The smallest absolute Gasteiger partial charge is 0.460 e. The molecule has 2 aromatic carbocycles. The zero-order valence-electron chi connectivity index (χ0n) is 16.6. The van der Waals surface area contributed by atoms with Gasteiger partial charge in [-0.1, -0.05) is 12.1 Å². The lowest BCUT2D eigenvalue weighted by Gasteiger charge is -2.39. The van der Waals surface area contributed by atoms with E-state index in [-0.39, 0.29) is 11.3 Å². The first-order valence-electron chi connectivity index (χ1n) is 8.96. The predicted octanol–water partition coefficient (Wildman–Crippen LogP) is 6.83. The number of phenolic OH excluding ortho intramolecular Hbond substituents is 1. The normalized spacial score (nSPS) is 14.3. The van der Waals surface area contributed by atoms with E-state index >= 15 is 0 Å². The molecule has 0 atom stereocenters. The second-order valence-corrected chi connectivity index (χ2v) is 7.13. The Morgan fingerprint density at radius 1 is 0.686 bits per heavy atom. The first-order chi connectivity index (χ1) is 15.6. The van der Waals surface area contributed by atoms with Crippen LogP contribution in [0.4, 0.5) is 57.1 Å². The number of fused-ring (bicyclic) bond motifs is 1. The molecule has 0 saturated heterocycles. The quantitative estimate of drug-likeness (QED) is 0.299. The number of aromatic hydroxyl groups is 1. The Labute approximate surface area is 186 Å². The van der Waals surface area contributed by atoms with Crippen molar-refractivity contribution in [1.29, 1.82) is 0 Å². The number of hydrogen-bond acceptors (Lipinski definition) is 3. The molecule has 0 amide bonds. The maximum Gasteiger partial charge on any atom is 0.460 e. The molecule has 0 bridgehead atoms. The minimum Gasteiger partial charge on any atom is -0.508 e. The number of carbonyl (C=O) groups excluding carboxylic acids is 1. The van der Waals surface area contributed by atoms with Gasteiger partial charge in [0.15, 0.2) is 0 Å². The first kappa shape index (κ1) is 28.3. The van der Waals surface area contributed by atoms with Crippen molar-refractivity contribution >= 4 is 16.7 Å². The van der Waals surface area contributed by atoms with E-state index in [0.29, 0.717) is 10.8 Å². The third-order valence-corrected chi connectivity index (χ3v) is 4.71. The van der Waals surface area contributed by atoms with Crippen LogP contribution in [0.25, 0.3) is 10.8 Å². The fourth-order valence-electron chi connectivity index (χ4n) is 2.67. The number of phenols is 1. The van der Waals surface area contributed by atoms with Crippen LogP contribution in [-0.2, 0) is 4.74 Å². The highest BCUT2D eigenvalue weighted by atomic mass is 19.4. The van der Waals surface area contributed by atoms with Gasteiger partial charge in [0.2, 0.25) is 0 Å². The lowest BCUT2D eigenvalue weighted by atomic mass is 9.93. The molecule has 0 unspecified atom stereocenters. The SMILES string of the molecule is O=C(OCCC(F)(F)C(F)(F)C(F)(F)C(F)(F)C(F)(F)C(F)(F)F)c1ccc2cc(O)ccc2c1. The zero-order chi connectivity index (χ0) is 27.3. The van der Waals surface area contributed by atoms with E-state index in [1.165, 1.54) is 24.3 Å². The number of rotatable bonds is 8. The summed E-state index contributed by atoms with van der Waals surface area (Å²) < 4.78 is 174. The molecule has 3 nitrogen and oxygen atoms in total. The fourth-order valence-corrected chi connectivity index (χ4v) is 2.67. The summed E-state index contributed by atoms with van der Waals surface area (Å²) in [4.78, 5) is 11.9. The number of ether oxygens (including phenoxy) is 1. The second kappa shape index (κ2) is 8.62. The first-order valence-corrected chi connectivity index (χ1v) is 8.96. The Kier molecular flexibility index (Phi) is 6.97. The van der Waals surface area contributed by atoms with Gasteiger partial charge < -0.3 is 9.84 Å². The van der Waals surface area contributed by atoms with E-state index in [2.05, 4.69) is 4.74 Å². The van der Waals surface area contributed by atoms with Crippen molar-refractivity contribution in [3.05, 3.63) is 42.0 Å². The van der Waals surface area contributed by atoms with Crippen molar-refractivity contribution in [3.63, 3.8) is 0 Å². The maximum atomic E-state index is 13.7. The van der Waals surface area contributed by atoms with Crippen molar-refractivity contribution < 1.29 is 71.7 Å². The van der Waals surface area contributed by atoms with Gasteiger partial charge in [-0.25, -0.2) is 4.79 Å². The van der Waals surface area contributed by atoms with Gasteiger partial charge in [-0.15, -0.1) is 0 Å². The number of carbonyl (C=O) groups is 1. The average molecular weight is 534 g/mol. The van der Waals surface area contributed by atoms with Gasteiger partial charge in [-0.05, 0) is 35.0 Å². The van der Waals surface area contributed by atoms with Crippen molar-refractivity contribution in [3.8, 4) is 5.75 Å². The summed E-state index contributed by atoms with van der Waals surface area (Å²) >= 11 is 0. The molecule has 0 aromatic heterocycles. The maximum absolute atomic E-state index is 13.7. The Morgan fingerprint density at radius 3 is 1.71 bits per heavy atom.